The molecule has 0 aliphatic carbocycles. The van der Waals surface area contributed by atoms with Crippen molar-refractivity contribution in [2.24, 2.45) is 0 Å². The average molecular weight is 584 g/mol. The third kappa shape index (κ3) is 4.79. The van der Waals surface area contributed by atoms with Gasteiger partial charge in [-0.3, -0.25) is 24.8 Å². The number of aromatic nitrogens is 4. The van der Waals surface area contributed by atoms with Gasteiger partial charge >= 0.3 is 0 Å². The Morgan fingerprint density at radius 2 is 2.24 bits per heavy atom. The number of anilines is 1. The van der Waals surface area contributed by atoms with E-state index in [-0.39, 0.29) is 41.7 Å². The number of amides is 1. The second kappa shape index (κ2) is 9.73. The van der Waals surface area contributed by atoms with Gasteiger partial charge < -0.3 is 19.7 Å². The summed E-state index contributed by atoms with van der Waals surface area (Å²) in [5.74, 6) is -0.464. The van der Waals surface area contributed by atoms with Gasteiger partial charge in [0.25, 0.3) is 5.69 Å². The molecule has 1 aliphatic rings. The minimum absolute atomic E-state index is 0.00472. The second-order valence-corrected chi connectivity index (χ2v) is 8.94. The number of aliphatic hydroxyl groups excluding tert-OH is 2. The molecule has 0 bridgehead atoms. The Labute approximate surface area is 206 Å². The second-order valence-electron chi connectivity index (χ2n) is 7.69. The van der Waals surface area contributed by atoms with Gasteiger partial charge in [-0.25, -0.2) is 4.98 Å². The number of nitro groups is 1. The fraction of sp³-hybridized carbons (Fsp3) is 0.400. The Morgan fingerprint density at radius 3 is 2.88 bits per heavy atom. The molecule has 3 N–H and O–H groups in total. The molecule has 1 fully saturated rings. The predicted molar refractivity (Wildman–Crippen MR) is 126 cm³/mol. The summed E-state index contributed by atoms with van der Waals surface area (Å²) in [5.41, 5.74) is 0.736. The molecule has 3 aromatic rings. The van der Waals surface area contributed by atoms with E-state index in [4.69, 9.17) is 9.47 Å². The van der Waals surface area contributed by atoms with E-state index in [1.807, 2.05) is 22.6 Å². The Hall–Kier alpha value is -2.95. The van der Waals surface area contributed by atoms with E-state index in [0.29, 0.717) is 9.13 Å². The fourth-order valence-corrected chi connectivity index (χ4v) is 4.17. The van der Waals surface area contributed by atoms with E-state index in [9.17, 15) is 25.1 Å². The summed E-state index contributed by atoms with van der Waals surface area (Å²) < 4.78 is 13.9. The molecule has 34 heavy (non-hydrogen) atoms. The number of fused-ring (bicyclic) bond motifs is 1. The number of carbonyl (C=O) groups excluding carboxylic acids is 1. The van der Waals surface area contributed by atoms with Crippen LogP contribution in [0.1, 0.15) is 38.2 Å². The van der Waals surface area contributed by atoms with Gasteiger partial charge in [0, 0.05) is 23.0 Å². The first-order chi connectivity index (χ1) is 16.2. The highest BCUT2D eigenvalue weighted by Gasteiger charge is 2.36. The minimum atomic E-state index is -0.874. The van der Waals surface area contributed by atoms with Crippen LogP contribution in [0.2, 0.25) is 0 Å². The van der Waals surface area contributed by atoms with Crippen molar-refractivity contribution < 1.29 is 29.4 Å². The quantitative estimate of drug-likeness (QED) is 0.212. The first-order valence-corrected chi connectivity index (χ1v) is 11.3. The minimum Gasteiger partial charge on any atom is -0.468 e. The monoisotopic (exact) mass is 584 g/mol. The van der Waals surface area contributed by atoms with E-state index in [2.05, 4.69) is 20.3 Å². The first-order valence-electron chi connectivity index (χ1n) is 10.2. The lowest BCUT2D eigenvalue weighted by atomic mass is 10.1. The van der Waals surface area contributed by atoms with Crippen molar-refractivity contribution in [3.63, 3.8) is 0 Å². The molecule has 180 valence electrons. The number of nitro benzene ring substituents is 1. The fourth-order valence-electron chi connectivity index (χ4n) is 3.70. The highest BCUT2D eigenvalue weighted by atomic mass is 127. The van der Waals surface area contributed by atoms with Crippen LogP contribution in [0.4, 0.5) is 11.6 Å². The third-order valence-corrected chi connectivity index (χ3v) is 5.96. The molecule has 0 saturated carbocycles. The summed E-state index contributed by atoms with van der Waals surface area (Å²) in [6.07, 6.45) is -1.46. The predicted octanol–water partition coefficient (Wildman–Crippen LogP) is 2.08. The average Bonchev–Trinajstić information content (AvgIpc) is 3.36. The van der Waals surface area contributed by atoms with Gasteiger partial charge in [-0.15, -0.1) is 0 Å². The van der Waals surface area contributed by atoms with Gasteiger partial charge in [-0.05, 0) is 41.6 Å². The zero-order valence-corrected chi connectivity index (χ0v) is 20.2. The zero-order chi connectivity index (χ0) is 24.6. The van der Waals surface area contributed by atoms with Gasteiger partial charge in [0.2, 0.25) is 17.7 Å². The number of imidazole rings is 1. The molecule has 0 radical (unpaired) electrons. The van der Waals surface area contributed by atoms with E-state index in [1.165, 1.54) is 19.3 Å². The number of nitrogens with zero attached hydrogens (tertiary/aromatic N) is 5. The highest BCUT2D eigenvalue weighted by Crippen LogP contribution is 2.35. The molecule has 1 saturated heterocycles. The maximum absolute atomic E-state index is 11.6. The molecule has 3 heterocycles. The Bertz CT molecular complexity index is 1250. The molecule has 14 heteroatoms. The Kier molecular flexibility index (Phi) is 6.92. The number of rotatable bonds is 7. The van der Waals surface area contributed by atoms with Crippen molar-refractivity contribution in [3.8, 4) is 5.88 Å². The number of halogens is 1. The number of hydrogen-bond donors (Lipinski definition) is 3. The number of nitrogens with one attached hydrogen (secondary N) is 1. The summed E-state index contributed by atoms with van der Waals surface area (Å²) in [4.78, 5) is 35.6. The lowest BCUT2D eigenvalue weighted by molar-refractivity contribution is -0.386. The largest absolute Gasteiger partial charge is 0.468 e. The van der Waals surface area contributed by atoms with Crippen LogP contribution < -0.4 is 10.1 Å². The van der Waals surface area contributed by atoms with Crippen molar-refractivity contribution in [3.05, 3.63) is 43.8 Å². The lowest BCUT2D eigenvalue weighted by Gasteiger charge is -2.17. The van der Waals surface area contributed by atoms with Gasteiger partial charge in [0.15, 0.2) is 11.2 Å². The highest BCUT2D eigenvalue weighted by molar-refractivity contribution is 14.1. The van der Waals surface area contributed by atoms with Crippen LogP contribution in [0.5, 0.6) is 5.88 Å². The van der Waals surface area contributed by atoms with E-state index in [1.54, 1.807) is 23.6 Å². The molecule has 1 amide bonds. The molecule has 4 atom stereocenters. The van der Waals surface area contributed by atoms with Crippen molar-refractivity contribution in [1.29, 1.82) is 0 Å². The normalized spacial score (nSPS) is 20.9. The van der Waals surface area contributed by atoms with E-state index >= 15 is 0 Å². The third-order valence-electron chi connectivity index (χ3n) is 5.29. The molecular weight excluding hydrogens is 563 g/mol. The van der Waals surface area contributed by atoms with Gasteiger partial charge in [0.05, 0.1) is 29.5 Å². The molecule has 4 rings (SSSR count). The van der Waals surface area contributed by atoms with E-state index < -0.39 is 35.4 Å². The summed E-state index contributed by atoms with van der Waals surface area (Å²) >= 11 is 1.99. The summed E-state index contributed by atoms with van der Waals surface area (Å²) in [7, 11) is 0. The van der Waals surface area contributed by atoms with Crippen molar-refractivity contribution >= 4 is 51.3 Å². The molecule has 1 aliphatic heterocycles. The van der Waals surface area contributed by atoms with Crippen LogP contribution in [0.15, 0.2) is 24.5 Å². The molecule has 1 aromatic carbocycles. The van der Waals surface area contributed by atoms with Crippen molar-refractivity contribution in [2.75, 3.05) is 11.9 Å². The summed E-state index contributed by atoms with van der Waals surface area (Å²) in [6, 6.07) is 4.79. The van der Waals surface area contributed by atoms with E-state index in [0.717, 1.165) is 0 Å². The van der Waals surface area contributed by atoms with Crippen LogP contribution in [0.25, 0.3) is 11.2 Å². The number of carbonyl (C=O) groups is 1. The Balaban J connectivity index is 1.75. The summed E-state index contributed by atoms with van der Waals surface area (Å²) in [6.45, 7) is 2.59. The maximum Gasteiger partial charge on any atom is 0.277 e. The van der Waals surface area contributed by atoms with Crippen LogP contribution in [0, 0.1) is 13.7 Å². The SMILES string of the molecule is CC(=O)Nc1nc(OC(C)c2ccc(I)cc2[N+](=O)[O-])c2ncn([C@H]3CC(O)[C@@H](CO)O3)c2n1. The van der Waals surface area contributed by atoms with Crippen LogP contribution in [-0.4, -0.2) is 59.4 Å². The maximum atomic E-state index is 11.6. The molecule has 2 unspecified atom stereocenters. The van der Waals surface area contributed by atoms with Crippen LogP contribution >= 0.6 is 22.6 Å². The van der Waals surface area contributed by atoms with Crippen LogP contribution in [-0.2, 0) is 9.53 Å². The smallest absolute Gasteiger partial charge is 0.277 e. The number of benzene rings is 1. The zero-order valence-electron chi connectivity index (χ0n) is 18.1. The molecular formula is C20H21IN6O7. The number of ether oxygens (including phenoxy) is 2. The Morgan fingerprint density at radius 1 is 1.47 bits per heavy atom. The van der Waals surface area contributed by atoms with Crippen molar-refractivity contribution in [2.45, 2.75) is 44.8 Å². The molecule has 2 aromatic heterocycles. The van der Waals surface area contributed by atoms with Gasteiger partial charge in [-0.1, -0.05) is 0 Å². The molecule has 0 spiro atoms. The standard InChI is InChI=1S/C20H21IN6O7/c1-9(12-4-3-11(21)5-13(12)27(31)32)33-19-17-18(24-20(25-19)23-10(2)29)26(8-22-17)16-6-14(30)15(7-28)34-16/h3-5,8-9,14-16,28,30H,6-7H2,1-2H3,(H,23,24,25,29)/t9?,14?,15-,16-/m1/s1. The summed E-state index contributed by atoms with van der Waals surface area (Å²) in [5, 5.41) is 33.5. The van der Waals surface area contributed by atoms with Crippen LogP contribution in [0.3, 0.4) is 0 Å². The van der Waals surface area contributed by atoms with Gasteiger partial charge in [-0.2, -0.15) is 9.97 Å². The van der Waals surface area contributed by atoms with Gasteiger partial charge in [0.1, 0.15) is 18.4 Å². The lowest BCUT2D eigenvalue weighted by Crippen LogP contribution is -2.24. The number of aliphatic hydroxyl groups is 2. The number of hydrogen-bond acceptors (Lipinski definition) is 10. The topological polar surface area (TPSA) is 175 Å². The first kappa shape index (κ1) is 24.2. The van der Waals surface area contributed by atoms with Crippen molar-refractivity contribution in [1.82, 2.24) is 19.5 Å². The molecule has 13 nitrogen and oxygen atoms in total.